The van der Waals surface area contributed by atoms with Crippen molar-refractivity contribution >= 4 is 5.91 Å². The van der Waals surface area contributed by atoms with Gasteiger partial charge in [-0.1, -0.05) is 20.3 Å². The van der Waals surface area contributed by atoms with E-state index < -0.39 is 0 Å². The number of rotatable bonds is 6. The van der Waals surface area contributed by atoms with E-state index in [1.54, 1.807) is 19.5 Å². The molecule has 122 valence electrons. The second kappa shape index (κ2) is 7.96. The Balaban J connectivity index is 1.94. The molecule has 1 aromatic rings. The lowest BCUT2D eigenvalue weighted by atomic mass is 10.0. The minimum Gasteiger partial charge on any atom is -0.477 e. The molecular weight excluding hydrogens is 282 g/mol. The molecule has 0 N–H and O–H groups in total. The summed E-state index contributed by atoms with van der Waals surface area (Å²) in [4.78, 5) is 22.5. The molecule has 1 aliphatic heterocycles. The van der Waals surface area contributed by atoms with Gasteiger partial charge in [-0.3, -0.25) is 4.79 Å². The summed E-state index contributed by atoms with van der Waals surface area (Å²) >= 11 is 0. The van der Waals surface area contributed by atoms with Gasteiger partial charge >= 0.3 is 0 Å². The van der Waals surface area contributed by atoms with Gasteiger partial charge in [0.15, 0.2) is 0 Å². The molecule has 2 atom stereocenters. The largest absolute Gasteiger partial charge is 0.477 e. The second-order valence-corrected chi connectivity index (χ2v) is 5.81. The highest BCUT2D eigenvalue weighted by Crippen LogP contribution is 2.24. The highest BCUT2D eigenvalue weighted by Gasteiger charge is 2.26. The molecule has 0 aliphatic carbocycles. The summed E-state index contributed by atoms with van der Waals surface area (Å²) in [6.07, 6.45) is 6.57. The minimum absolute atomic E-state index is 0.0553. The van der Waals surface area contributed by atoms with E-state index in [1.807, 2.05) is 4.90 Å². The number of hydrogen-bond acceptors (Lipinski definition) is 5. The Morgan fingerprint density at radius 3 is 2.82 bits per heavy atom. The lowest BCUT2D eigenvalue weighted by molar-refractivity contribution is -0.134. The van der Waals surface area contributed by atoms with Gasteiger partial charge in [-0.15, -0.1) is 0 Å². The maximum Gasteiger partial charge on any atom is 0.278 e. The Bertz CT molecular complexity index is 495. The van der Waals surface area contributed by atoms with Crippen LogP contribution in [0.1, 0.15) is 39.5 Å². The molecule has 1 amide bonds. The first-order valence-electron chi connectivity index (χ1n) is 7.93. The van der Waals surface area contributed by atoms with Crippen LogP contribution < -0.4 is 9.47 Å². The summed E-state index contributed by atoms with van der Waals surface area (Å²) in [5, 5.41) is 0. The Morgan fingerprint density at radius 2 is 2.14 bits per heavy atom. The summed E-state index contributed by atoms with van der Waals surface area (Å²) in [6.45, 7) is 5.64. The fourth-order valence-electron chi connectivity index (χ4n) is 2.52. The van der Waals surface area contributed by atoms with Gasteiger partial charge in [0.05, 0.1) is 13.7 Å². The van der Waals surface area contributed by atoms with Gasteiger partial charge in [0, 0.05) is 25.4 Å². The minimum atomic E-state index is -0.0553. The van der Waals surface area contributed by atoms with Crippen LogP contribution in [0, 0.1) is 5.92 Å². The predicted octanol–water partition coefficient (Wildman–Crippen LogP) is 2.29. The average molecular weight is 307 g/mol. The zero-order chi connectivity index (χ0) is 15.9. The zero-order valence-electron chi connectivity index (χ0n) is 13.6. The average Bonchev–Trinajstić information content (AvgIpc) is 2.55. The summed E-state index contributed by atoms with van der Waals surface area (Å²) < 4.78 is 11.0. The monoisotopic (exact) mass is 307 g/mol. The maximum absolute atomic E-state index is 12.3. The highest BCUT2D eigenvalue weighted by molar-refractivity contribution is 5.76. The SMILES string of the molecule is CCC(C)CC(=O)N1CCCC(Oc2nccnc2OC)C1. The maximum atomic E-state index is 12.3. The topological polar surface area (TPSA) is 64.6 Å². The van der Waals surface area contributed by atoms with Crippen molar-refractivity contribution in [3.8, 4) is 11.8 Å². The molecule has 22 heavy (non-hydrogen) atoms. The lowest BCUT2D eigenvalue weighted by Gasteiger charge is -2.33. The third kappa shape index (κ3) is 4.32. The number of carbonyl (C=O) groups excluding carboxylic acids is 1. The van der Waals surface area contributed by atoms with Crippen molar-refractivity contribution in [2.24, 2.45) is 5.92 Å². The van der Waals surface area contributed by atoms with Crippen molar-refractivity contribution in [1.82, 2.24) is 14.9 Å². The van der Waals surface area contributed by atoms with Crippen molar-refractivity contribution in [2.75, 3.05) is 20.2 Å². The van der Waals surface area contributed by atoms with E-state index in [0.717, 1.165) is 25.8 Å². The van der Waals surface area contributed by atoms with Crippen LogP contribution in [0.2, 0.25) is 0 Å². The third-order valence-electron chi connectivity index (χ3n) is 4.06. The lowest BCUT2D eigenvalue weighted by Crippen LogP contribution is -2.44. The van der Waals surface area contributed by atoms with Gasteiger partial charge in [-0.2, -0.15) is 0 Å². The number of aromatic nitrogens is 2. The van der Waals surface area contributed by atoms with E-state index >= 15 is 0 Å². The molecule has 0 saturated carbocycles. The zero-order valence-corrected chi connectivity index (χ0v) is 13.6. The van der Waals surface area contributed by atoms with E-state index in [4.69, 9.17) is 9.47 Å². The van der Waals surface area contributed by atoms with Gasteiger partial charge in [0.25, 0.3) is 11.8 Å². The van der Waals surface area contributed by atoms with Crippen LogP contribution in [0.15, 0.2) is 12.4 Å². The van der Waals surface area contributed by atoms with Gasteiger partial charge < -0.3 is 14.4 Å². The van der Waals surface area contributed by atoms with Crippen molar-refractivity contribution in [1.29, 1.82) is 0 Å². The molecule has 0 radical (unpaired) electrons. The van der Waals surface area contributed by atoms with E-state index in [0.29, 0.717) is 30.6 Å². The highest BCUT2D eigenvalue weighted by atomic mass is 16.5. The van der Waals surface area contributed by atoms with Crippen LogP contribution in [0.3, 0.4) is 0 Å². The summed E-state index contributed by atoms with van der Waals surface area (Å²) in [7, 11) is 1.54. The molecular formula is C16H25N3O3. The fourth-order valence-corrected chi connectivity index (χ4v) is 2.52. The Hall–Kier alpha value is -1.85. The summed E-state index contributed by atoms with van der Waals surface area (Å²) in [5.74, 6) is 1.42. The molecule has 1 fully saturated rings. The molecule has 1 aromatic heterocycles. The normalized spacial score (nSPS) is 19.6. The van der Waals surface area contributed by atoms with E-state index in [2.05, 4.69) is 23.8 Å². The van der Waals surface area contributed by atoms with Crippen molar-refractivity contribution in [3.05, 3.63) is 12.4 Å². The smallest absolute Gasteiger partial charge is 0.278 e. The quantitative estimate of drug-likeness (QED) is 0.807. The molecule has 2 heterocycles. The van der Waals surface area contributed by atoms with Gasteiger partial charge in [0.1, 0.15) is 6.10 Å². The number of amides is 1. The van der Waals surface area contributed by atoms with Crippen molar-refractivity contribution in [3.63, 3.8) is 0 Å². The summed E-state index contributed by atoms with van der Waals surface area (Å²) in [6, 6.07) is 0. The van der Waals surface area contributed by atoms with Crippen LogP contribution >= 0.6 is 0 Å². The van der Waals surface area contributed by atoms with Crippen molar-refractivity contribution in [2.45, 2.75) is 45.6 Å². The van der Waals surface area contributed by atoms with Gasteiger partial charge in [-0.25, -0.2) is 9.97 Å². The molecule has 6 nitrogen and oxygen atoms in total. The number of methoxy groups -OCH3 is 1. The third-order valence-corrected chi connectivity index (χ3v) is 4.06. The number of likely N-dealkylation sites (tertiary alicyclic amines) is 1. The van der Waals surface area contributed by atoms with Crippen LogP contribution in [0.5, 0.6) is 11.8 Å². The van der Waals surface area contributed by atoms with Crippen LogP contribution in [0.4, 0.5) is 0 Å². The number of carbonyl (C=O) groups is 1. The number of nitrogens with zero attached hydrogens (tertiary/aromatic N) is 3. The first kappa shape index (κ1) is 16.5. The summed E-state index contributed by atoms with van der Waals surface area (Å²) in [5.41, 5.74) is 0. The molecule has 0 spiro atoms. The molecule has 2 unspecified atom stereocenters. The number of hydrogen-bond donors (Lipinski definition) is 0. The van der Waals surface area contributed by atoms with Gasteiger partial charge in [-0.05, 0) is 18.8 Å². The van der Waals surface area contributed by atoms with Crippen LogP contribution in [0.25, 0.3) is 0 Å². The Kier molecular flexibility index (Phi) is 5.98. The molecule has 6 heteroatoms. The standard InChI is InChI=1S/C16H25N3O3/c1-4-12(2)10-14(20)19-9-5-6-13(11-19)22-16-15(21-3)17-7-8-18-16/h7-8,12-13H,4-6,9-11H2,1-3H3. The molecule has 0 bridgehead atoms. The first-order chi connectivity index (χ1) is 10.6. The van der Waals surface area contributed by atoms with Crippen molar-refractivity contribution < 1.29 is 14.3 Å². The molecule has 1 aliphatic rings. The Morgan fingerprint density at radius 1 is 1.41 bits per heavy atom. The predicted molar refractivity (Wildman–Crippen MR) is 82.9 cm³/mol. The number of piperidine rings is 1. The first-order valence-corrected chi connectivity index (χ1v) is 7.93. The van der Waals surface area contributed by atoms with Crippen LogP contribution in [-0.2, 0) is 4.79 Å². The van der Waals surface area contributed by atoms with E-state index in [1.165, 1.54) is 0 Å². The number of ether oxygens (including phenoxy) is 2. The van der Waals surface area contributed by atoms with Crippen LogP contribution in [-0.4, -0.2) is 47.1 Å². The fraction of sp³-hybridized carbons (Fsp3) is 0.688. The van der Waals surface area contributed by atoms with E-state index in [9.17, 15) is 4.79 Å². The molecule has 0 aromatic carbocycles. The van der Waals surface area contributed by atoms with E-state index in [-0.39, 0.29) is 12.0 Å². The van der Waals surface area contributed by atoms with Gasteiger partial charge in [0.2, 0.25) is 5.91 Å². The Labute approximate surface area is 131 Å². The molecule has 1 saturated heterocycles. The molecule has 2 rings (SSSR count). The second-order valence-electron chi connectivity index (χ2n) is 5.81.